The smallest absolute Gasteiger partial charge is 0.410 e. The summed E-state index contributed by atoms with van der Waals surface area (Å²) in [7, 11) is 1.70. The van der Waals surface area contributed by atoms with Crippen molar-refractivity contribution in [3.8, 4) is 11.5 Å². The van der Waals surface area contributed by atoms with Crippen molar-refractivity contribution in [2.24, 2.45) is 0 Å². The van der Waals surface area contributed by atoms with Crippen LogP contribution in [0.25, 0.3) is 54.5 Å². The van der Waals surface area contributed by atoms with E-state index in [2.05, 4.69) is 243 Å². The molecule has 5 aliphatic rings. The summed E-state index contributed by atoms with van der Waals surface area (Å²) in [6.07, 6.45) is 5.35. The van der Waals surface area contributed by atoms with Crippen molar-refractivity contribution in [2.45, 2.75) is 82.3 Å². The number of nitrogens with one attached hydrogen (secondary N) is 9. The lowest BCUT2D eigenvalue weighted by Gasteiger charge is -2.35. The molecule has 0 bridgehead atoms. The Labute approximate surface area is 732 Å². The maximum absolute atomic E-state index is 13.5. The Balaban J connectivity index is 0.000000107. The number of fused-ring (bicyclic) bond motifs is 15. The third kappa shape index (κ3) is 17.9. The molecule has 11 aromatic carbocycles. The standard InChI is InChI=1S/C24H21ClN2O.C21H21BrN2O2.C18H17BrN2O.C17H14Br2N2.C17H13ClF2N2/c25-18-8-11-22-21(14-18)20-12-13-26-23(24(20)27-22)17-6-9-19(10-7-17)28-15-16-4-2-1-3-5-16;1-2-26-21(25)24-11-10-16-17-13-15(22)8-9-18(17)23-20(16)19(24)12-14-6-4-3-5-7-14;1-22-13-5-2-11(3-6-13)17-18-14(8-9-20-17)15-10-12(19)4-7-16(15)21-18;18-11-3-1-2-10(8-11)16-17-13(6-7-20-16)14-9-12(19)4-5-15(14)21-17;18-10-2-4-15-12(8-10)11-5-6-21-16(17(11)22-15)9-1-3-13(19)14(20)7-9/h1-11,14,23,26-27H,12-13,15H2;3-9,13,19,23H,2,10-12H2,1H3;2-7,10,17,20-21H,8-9H2,1H3;1-5,8-9,16,20-21H,6-7H2;1-4,7-8,16,21-22H,5-6H2. The van der Waals surface area contributed by atoms with E-state index in [1.807, 2.05) is 103 Å². The molecule has 0 saturated heterocycles. The zero-order valence-electron chi connectivity index (χ0n) is 65.3. The van der Waals surface area contributed by atoms with Crippen LogP contribution in [-0.4, -0.2) is 82.4 Å². The van der Waals surface area contributed by atoms with Gasteiger partial charge in [-0.25, -0.2) is 13.6 Å². The lowest BCUT2D eigenvalue weighted by molar-refractivity contribution is 0.0857. The molecule has 0 spiro atoms. The molecule has 604 valence electrons. The topological polar surface area (TPSA) is 175 Å². The number of nitrogens with zero attached hydrogens (tertiary/aromatic N) is 1. The van der Waals surface area contributed by atoms with E-state index in [1.54, 1.807) is 13.2 Å². The fourth-order valence-electron chi connectivity index (χ4n) is 17.4. The molecule has 5 unspecified atom stereocenters. The lowest BCUT2D eigenvalue weighted by Crippen LogP contribution is -2.41. The fraction of sp³-hybridized carbons (Fsp3) is 0.206. The van der Waals surface area contributed by atoms with Gasteiger partial charge in [-0.15, -0.1) is 0 Å². The zero-order valence-corrected chi connectivity index (χ0v) is 73.1. The summed E-state index contributed by atoms with van der Waals surface area (Å²) in [5, 5.41) is 21.9. The van der Waals surface area contributed by atoms with Crippen molar-refractivity contribution in [1.29, 1.82) is 0 Å². The summed E-state index contributed by atoms with van der Waals surface area (Å²) in [5.74, 6) is 0.112. The van der Waals surface area contributed by atoms with Gasteiger partial charge in [-0.2, -0.15) is 0 Å². The highest BCUT2D eigenvalue weighted by atomic mass is 79.9. The lowest BCUT2D eigenvalue weighted by atomic mass is 9.93. The van der Waals surface area contributed by atoms with Gasteiger partial charge in [0.15, 0.2) is 11.6 Å². The van der Waals surface area contributed by atoms with Crippen molar-refractivity contribution in [3.05, 3.63) is 372 Å². The molecular formula is C97H86Br4Cl2F2N10O4. The maximum Gasteiger partial charge on any atom is 0.410 e. The van der Waals surface area contributed by atoms with Crippen LogP contribution < -0.4 is 30.7 Å². The van der Waals surface area contributed by atoms with Crippen molar-refractivity contribution in [1.82, 2.24) is 51.1 Å². The molecule has 0 aliphatic carbocycles. The third-order valence-corrected chi connectivity index (χ3v) is 25.5. The Morgan fingerprint density at radius 1 is 0.403 bits per heavy atom. The molecule has 0 fully saturated rings. The Morgan fingerprint density at radius 2 is 0.798 bits per heavy atom. The Hall–Kier alpha value is -9.81. The van der Waals surface area contributed by atoms with Crippen LogP contribution in [-0.2, 0) is 49.9 Å². The van der Waals surface area contributed by atoms with Gasteiger partial charge in [0.1, 0.15) is 18.1 Å². The van der Waals surface area contributed by atoms with Gasteiger partial charge in [-0.1, -0.05) is 190 Å². The second-order valence-electron chi connectivity index (χ2n) is 30.3. The molecular weight excluding hydrogens is 1800 g/mol. The number of H-pyrrole nitrogens is 5. The monoisotopic (exact) mass is 1880 g/mol. The molecule has 119 heavy (non-hydrogen) atoms. The molecule has 5 aromatic heterocycles. The summed E-state index contributed by atoms with van der Waals surface area (Å²) >= 11 is 26.6. The highest BCUT2D eigenvalue weighted by Crippen LogP contribution is 2.43. The minimum absolute atomic E-state index is 0.0497. The van der Waals surface area contributed by atoms with Gasteiger partial charge < -0.3 is 60.4 Å². The third-order valence-electron chi connectivity index (χ3n) is 23.0. The number of aromatic nitrogens is 5. The van der Waals surface area contributed by atoms with Crippen molar-refractivity contribution in [2.75, 3.05) is 46.4 Å². The molecule has 22 heteroatoms. The first-order valence-electron chi connectivity index (χ1n) is 40.1. The minimum Gasteiger partial charge on any atom is -0.497 e. The van der Waals surface area contributed by atoms with Gasteiger partial charge in [0.25, 0.3) is 0 Å². The SMILES string of the molecule is Brc1cccc(C2NCCc3c2[nH]c2ccc(Br)cc32)c1.CCOC(=O)N1CCc2c([nH]c3ccc(Br)cc23)C1Cc1ccccc1.COc1ccc(C2NCCc3c2[nH]c2ccc(Br)cc32)cc1.Clc1ccc2[nH]c3c(c2c1)CCNC3c1ccc(OCc2ccccc2)cc1.Fc1ccc(C2NCCc3c2[nH]c2ccc(Cl)cc32)cc1F. The molecule has 1 amide bonds. The van der Waals surface area contributed by atoms with E-state index in [0.29, 0.717) is 30.3 Å². The molecule has 5 atom stereocenters. The number of amides is 1. The van der Waals surface area contributed by atoms with Gasteiger partial charge in [0.05, 0.1) is 43.9 Å². The minimum atomic E-state index is -0.830. The number of carbonyl (C=O) groups is 1. The van der Waals surface area contributed by atoms with Gasteiger partial charge in [-0.3, -0.25) is 4.90 Å². The van der Waals surface area contributed by atoms with E-state index < -0.39 is 11.6 Å². The van der Waals surface area contributed by atoms with Gasteiger partial charge >= 0.3 is 6.09 Å². The number of methoxy groups -OCH3 is 1. The predicted octanol–water partition coefficient (Wildman–Crippen LogP) is 24.3. The van der Waals surface area contributed by atoms with Crippen LogP contribution in [0.4, 0.5) is 13.6 Å². The highest BCUT2D eigenvalue weighted by Gasteiger charge is 2.36. The Kier molecular flexibility index (Phi) is 25.1. The van der Waals surface area contributed by atoms with Crippen LogP contribution in [0.15, 0.2) is 261 Å². The second kappa shape index (κ2) is 36.6. The normalized spacial score (nSPS) is 17.1. The Bertz CT molecular complexity index is 6340. The number of aromatic amines is 5. The number of hydrogen-bond acceptors (Lipinski definition) is 8. The van der Waals surface area contributed by atoms with E-state index in [4.69, 9.17) is 37.4 Å². The number of halogens is 8. The molecule has 10 heterocycles. The summed E-state index contributed by atoms with van der Waals surface area (Å²) in [4.78, 5) is 32.2. The summed E-state index contributed by atoms with van der Waals surface area (Å²) < 4.78 is 47.6. The van der Waals surface area contributed by atoms with Gasteiger partial charge in [0, 0.05) is 144 Å². The Morgan fingerprint density at radius 3 is 1.24 bits per heavy atom. The first-order valence-corrected chi connectivity index (χ1v) is 44.0. The summed E-state index contributed by atoms with van der Waals surface area (Å²) in [5.41, 5.74) is 25.2. The van der Waals surface area contributed by atoms with Crippen LogP contribution >= 0.6 is 86.9 Å². The molecule has 0 saturated carbocycles. The number of rotatable bonds is 11. The average Bonchev–Trinajstić information content (AvgIpc) is 1.65. The van der Waals surface area contributed by atoms with Crippen LogP contribution in [0, 0.1) is 11.6 Å². The molecule has 16 aromatic rings. The highest BCUT2D eigenvalue weighted by molar-refractivity contribution is 9.11. The zero-order chi connectivity index (χ0) is 81.8. The number of ether oxygens (including phenoxy) is 3. The predicted molar refractivity (Wildman–Crippen MR) is 490 cm³/mol. The van der Waals surface area contributed by atoms with Gasteiger partial charge in [-0.05, 0) is 246 Å². The number of benzene rings is 11. The van der Waals surface area contributed by atoms with Crippen molar-refractivity contribution in [3.63, 3.8) is 0 Å². The number of carbonyl (C=O) groups excluding carboxylic acids is 1. The summed E-state index contributed by atoms with van der Waals surface area (Å²) in [6, 6.07) is 81.1. The van der Waals surface area contributed by atoms with E-state index in [1.165, 1.54) is 117 Å². The average molecular weight is 1880 g/mol. The first-order chi connectivity index (χ1) is 58.1. The van der Waals surface area contributed by atoms with E-state index in [-0.39, 0.29) is 36.3 Å². The van der Waals surface area contributed by atoms with Crippen molar-refractivity contribution >= 4 is 148 Å². The quantitative estimate of drug-likeness (QED) is 0.0615. The second-order valence-corrected chi connectivity index (χ2v) is 34.8. The maximum atomic E-state index is 13.5. The van der Waals surface area contributed by atoms with Gasteiger partial charge in [0.2, 0.25) is 0 Å². The first kappa shape index (κ1) is 81.5. The molecule has 14 nitrogen and oxygen atoms in total. The molecule has 9 N–H and O–H groups in total. The largest absolute Gasteiger partial charge is 0.497 e. The van der Waals surface area contributed by atoms with E-state index >= 15 is 0 Å². The van der Waals surface area contributed by atoms with Crippen LogP contribution in [0.2, 0.25) is 10.0 Å². The van der Waals surface area contributed by atoms with Crippen LogP contribution in [0.1, 0.15) is 127 Å². The summed E-state index contributed by atoms with van der Waals surface area (Å²) in [6.45, 7) is 7.20. The van der Waals surface area contributed by atoms with Crippen LogP contribution in [0.3, 0.4) is 0 Å². The number of hydrogen-bond donors (Lipinski definition) is 9. The van der Waals surface area contributed by atoms with E-state index in [0.717, 1.165) is 132 Å². The molecule has 5 aliphatic heterocycles. The molecule has 0 radical (unpaired) electrons. The van der Waals surface area contributed by atoms with E-state index in [9.17, 15) is 13.6 Å². The fourth-order valence-corrected chi connectivity index (χ4v) is 19.3. The van der Waals surface area contributed by atoms with Crippen LogP contribution in [0.5, 0.6) is 11.5 Å². The molecule has 21 rings (SSSR count). The van der Waals surface area contributed by atoms with Crippen molar-refractivity contribution < 1.29 is 27.8 Å².